The second-order valence-electron chi connectivity index (χ2n) is 10.5. The molecule has 0 aliphatic carbocycles. The van der Waals surface area contributed by atoms with E-state index in [0.29, 0.717) is 0 Å². The summed E-state index contributed by atoms with van der Waals surface area (Å²) in [5, 5.41) is 0. The number of nitrogens with zero attached hydrogens (tertiary/aromatic N) is 2. The van der Waals surface area contributed by atoms with Crippen LogP contribution >= 0.6 is 0 Å². The largest absolute Gasteiger partial charge is 0.309 e. The molecule has 0 amide bonds. The zero-order valence-corrected chi connectivity index (χ0v) is 24.6. The van der Waals surface area contributed by atoms with Gasteiger partial charge in [-0.25, -0.2) is 0 Å². The number of hydrogen-bond acceptors (Lipinski definition) is 2. The minimum absolute atomic E-state index is 1.20. The minimum Gasteiger partial charge on any atom is -0.309 e. The van der Waals surface area contributed by atoms with E-state index in [1.54, 1.807) is 0 Å². The highest BCUT2D eigenvalue weighted by Gasteiger charge is 1.96. The van der Waals surface area contributed by atoms with Gasteiger partial charge in [0.2, 0.25) is 0 Å². The van der Waals surface area contributed by atoms with Gasteiger partial charge in [-0.15, -0.1) is 0 Å². The van der Waals surface area contributed by atoms with Crippen LogP contribution in [0.3, 0.4) is 0 Å². The van der Waals surface area contributed by atoms with Crippen LogP contribution in [0.2, 0.25) is 0 Å². The van der Waals surface area contributed by atoms with Crippen molar-refractivity contribution in [1.29, 1.82) is 0 Å². The highest BCUT2D eigenvalue weighted by Crippen LogP contribution is 2.14. The molecule has 0 heterocycles. The molecule has 0 unspecified atom stereocenters. The summed E-state index contributed by atoms with van der Waals surface area (Å²) in [5.74, 6) is 0. The van der Waals surface area contributed by atoms with Crippen LogP contribution in [0.25, 0.3) is 0 Å². The van der Waals surface area contributed by atoms with E-state index in [0.717, 1.165) is 0 Å². The molecule has 202 valence electrons. The predicted octanol–water partition coefficient (Wildman–Crippen LogP) is 10.1. The van der Waals surface area contributed by atoms with Crippen LogP contribution in [0.1, 0.15) is 163 Å². The molecule has 0 saturated heterocycles. The van der Waals surface area contributed by atoms with Crippen LogP contribution < -0.4 is 0 Å². The van der Waals surface area contributed by atoms with E-state index < -0.39 is 0 Å². The maximum atomic E-state index is 2.43. The van der Waals surface area contributed by atoms with Crippen LogP contribution in [0.4, 0.5) is 0 Å². The molecule has 0 fully saturated rings. The summed E-state index contributed by atoms with van der Waals surface area (Å²) < 4.78 is 0. The van der Waals surface area contributed by atoms with Gasteiger partial charge in [-0.2, -0.15) is 0 Å². The molecule has 0 bridgehead atoms. The summed E-state index contributed by atoms with van der Waals surface area (Å²) in [6.07, 6.45) is 30.6. The molecule has 0 rings (SSSR count). The van der Waals surface area contributed by atoms with Crippen LogP contribution in [-0.2, 0) is 0 Å². The van der Waals surface area contributed by atoms with Gasteiger partial charge in [0.1, 0.15) is 0 Å². The lowest BCUT2D eigenvalue weighted by Crippen LogP contribution is -2.23. The monoisotopic (exact) mass is 469 g/mol. The van der Waals surface area contributed by atoms with Gasteiger partial charge in [0.15, 0.2) is 0 Å². The van der Waals surface area contributed by atoms with E-state index in [1.807, 2.05) is 0 Å². The highest BCUT2D eigenvalue weighted by molar-refractivity contribution is 4.52. The second kappa shape index (κ2) is 31.9. The SMILES string of the molecule is CCCCCCCCCCCCCCCCCCCCCCN(C)C.CCCN(CC)CC. The fraction of sp³-hybridized carbons (Fsp3) is 1.00. The van der Waals surface area contributed by atoms with Gasteiger partial charge in [0, 0.05) is 0 Å². The smallest absolute Gasteiger partial charge is 0.00216 e. The molecule has 0 aliphatic heterocycles. The summed E-state index contributed by atoms with van der Waals surface area (Å²) in [6, 6.07) is 0. The Morgan fingerprint density at radius 3 is 0.848 bits per heavy atom. The van der Waals surface area contributed by atoms with Crippen molar-refractivity contribution in [3.8, 4) is 0 Å². The molecule has 33 heavy (non-hydrogen) atoms. The quantitative estimate of drug-likeness (QED) is 0.123. The Labute approximate surface area is 212 Å². The first-order valence-corrected chi connectivity index (χ1v) is 15.5. The normalized spacial score (nSPS) is 11.3. The van der Waals surface area contributed by atoms with E-state index in [-0.39, 0.29) is 0 Å². The topological polar surface area (TPSA) is 6.48 Å². The lowest BCUT2D eigenvalue weighted by atomic mass is 10.0. The first-order chi connectivity index (χ1) is 16.1. The highest BCUT2D eigenvalue weighted by atomic mass is 15.1. The van der Waals surface area contributed by atoms with E-state index in [4.69, 9.17) is 0 Å². The molecule has 0 aromatic carbocycles. The summed E-state index contributed by atoms with van der Waals surface area (Å²) in [5.41, 5.74) is 0. The molecule has 0 aromatic rings. The zero-order valence-electron chi connectivity index (χ0n) is 24.6. The van der Waals surface area contributed by atoms with Crippen molar-refractivity contribution in [2.45, 2.75) is 163 Å². The Bertz CT molecular complexity index is 312. The average molecular weight is 469 g/mol. The molecule has 0 saturated carbocycles. The van der Waals surface area contributed by atoms with Gasteiger partial charge in [-0.3, -0.25) is 0 Å². The summed E-state index contributed by atoms with van der Waals surface area (Å²) in [7, 11) is 4.35. The Morgan fingerprint density at radius 2 is 0.636 bits per heavy atom. The van der Waals surface area contributed by atoms with Crippen LogP contribution in [0, 0.1) is 0 Å². The number of hydrogen-bond donors (Lipinski definition) is 0. The molecule has 0 aliphatic rings. The molecule has 0 spiro atoms. The van der Waals surface area contributed by atoms with Crippen molar-refractivity contribution in [3.63, 3.8) is 0 Å². The maximum absolute atomic E-state index is 2.43. The molecule has 2 heteroatoms. The fourth-order valence-corrected chi connectivity index (χ4v) is 4.54. The molecule has 0 atom stereocenters. The van der Waals surface area contributed by atoms with E-state index in [9.17, 15) is 0 Å². The van der Waals surface area contributed by atoms with Gasteiger partial charge in [0.25, 0.3) is 0 Å². The van der Waals surface area contributed by atoms with Crippen molar-refractivity contribution >= 4 is 0 Å². The summed E-state index contributed by atoms with van der Waals surface area (Å²) in [4.78, 5) is 4.73. The third-order valence-corrected chi connectivity index (χ3v) is 6.89. The first-order valence-electron chi connectivity index (χ1n) is 15.5. The Balaban J connectivity index is 0. The lowest BCUT2D eigenvalue weighted by Gasteiger charge is -2.15. The van der Waals surface area contributed by atoms with Crippen molar-refractivity contribution < 1.29 is 0 Å². The lowest BCUT2D eigenvalue weighted by molar-refractivity contribution is 0.304. The van der Waals surface area contributed by atoms with Crippen molar-refractivity contribution in [2.24, 2.45) is 0 Å². The molecule has 0 N–H and O–H groups in total. The average Bonchev–Trinajstić information content (AvgIpc) is 2.81. The van der Waals surface area contributed by atoms with Crippen LogP contribution in [0.5, 0.6) is 0 Å². The van der Waals surface area contributed by atoms with Gasteiger partial charge in [-0.1, -0.05) is 150 Å². The Kier molecular flexibility index (Phi) is 33.9. The molecule has 0 radical (unpaired) electrons. The van der Waals surface area contributed by atoms with Crippen molar-refractivity contribution in [3.05, 3.63) is 0 Å². The molecular formula is C31H68N2. The summed E-state index contributed by atoms with van der Waals surface area (Å²) >= 11 is 0. The van der Waals surface area contributed by atoms with Gasteiger partial charge in [-0.05, 0) is 53.1 Å². The molecule has 0 aromatic heterocycles. The minimum atomic E-state index is 1.20. The standard InChI is InChI=1S/C24H51N.C7H17N/c1-4-5-6-7-8-9-10-11-12-13-14-15-16-17-18-19-20-21-22-23-24-25(2)3;1-4-7-8(5-2)6-3/h4-24H2,1-3H3;4-7H2,1-3H3. The Morgan fingerprint density at radius 1 is 0.333 bits per heavy atom. The van der Waals surface area contributed by atoms with Gasteiger partial charge in [0.05, 0.1) is 0 Å². The molecular weight excluding hydrogens is 400 g/mol. The molecule has 2 nitrogen and oxygen atoms in total. The number of rotatable bonds is 25. The second-order valence-corrected chi connectivity index (χ2v) is 10.5. The van der Waals surface area contributed by atoms with Gasteiger partial charge >= 0.3 is 0 Å². The zero-order chi connectivity index (χ0) is 24.8. The third kappa shape index (κ3) is 34.2. The van der Waals surface area contributed by atoms with E-state index in [2.05, 4.69) is 51.6 Å². The third-order valence-electron chi connectivity index (χ3n) is 6.89. The van der Waals surface area contributed by atoms with Crippen LogP contribution in [0.15, 0.2) is 0 Å². The van der Waals surface area contributed by atoms with E-state index >= 15 is 0 Å². The Hall–Kier alpha value is -0.0800. The fourth-order valence-electron chi connectivity index (χ4n) is 4.54. The predicted molar refractivity (Wildman–Crippen MR) is 155 cm³/mol. The van der Waals surface area contributed by atoms with Crippen LogP contribution in [-0.4, -0.2) is 50.1 Å². The van der Waals surface area contributed by atoms with Crippen molar-refractivity contribution in [2.75, 3.05) is 40.3 Å². The number of unbranched alkanes of at least 4 members (excludes halogenated alkanes) is 19. The van der Waals surface area contributed by atoms with Crippen molar-refractivity contribution in [1.82, 2.24) is 9.80 Å². The van der Waals surface area contributed by atoms with E-state index in [1.165, 1.54) is 161 Å². The van der Waals surface area contributed by atoms with Gasteiger partial charge < -0.3 is 9.80 Å². The maximum Gasteiger partial charge on any atom is -0.00216 e. The first kappa shape index (κ1) is 35.1. The summed E-state index contributed by atoms with van der Waals surface area (Å²) in [6.45, 7) is 13.9.